The third kappa shape index (κ3) is 4.38. The van der Waals surface area contributed by atoms with E-state index in [1.807, 2.05) is 18.2 Å². The third-order valence-corrected chi connectivity index (χ3v) is 4.57. The Morgan fingerprint density at radius 1 is 1.00 bits per heavy atom. The van der Waals surface area contributed by atoms with Gasteiger partial charge in [0, 0.05) is 48.4 Å². The first-order valence-electron chi connectivity index (χ1n) is 9.48. The van der Waals surface area contributed by atoms with Crippen molar-refractivity contribution in [2.24, 2.45) is 0 Å². The van der Waals surface area contributed by atoms with E-state index in [9.17, 15) is 9.18 Å². The van der Waals surface area contributed by atoms with E-state index >= 15 is 0 Å². The zero-order valence-electron chi connectivity index (χ0n) is 16.1. The zero-order chi connectivity index (χ0) is 20.8. The van der Waals surface area contributed by atoms with Crippen molar-refractivity contribution >= 4 is 5.91 Å². The summed E-state index contributed by atoms with van der Waals surface area (Å²) in [4.78, 5) is 21.1. The lowest BCUT2D eigenvalue weighted by Gasteiger charge is -2.09. The maximum atomic E-state index is 14.1. The van der Waals surface area contributed by atoms with E-state index in [4.69, 9.17) is 0 Å². The van der Waals surface area contributed by atoms with Crippen LogP contribution >= 0.6 is 0 Å². The van der Waals surface area contributed by atoms with Gasteiger partial charge in [0.25, 0.3) is 5.91 Å². The van der Waals surface area contributed by atoms with Crippen LogP contribution in [0.5, 0.6) is 0 Å². The normalized spacial score (nSPS) is 10.7. The van der Waals surface area contributed by atoms with Crippen LogP contribution in [0.2, 0.25) is 0 Å². The molecular weight excluding hydrogens is 383 g/mol. The molecule has 3 heterocycles. The number of carbonyl (C=O) groups excluding carboxylic acids is 1. The highest BCUT2D eigenvalue weighted by Gasteiger charge is 2.21. The second-order valence-electron chi connectivity index (χ2n) is 6.60. The number of hydrogen-bond donors (Lipinski definition) is 1. The standard InChI is InChI=1S/C22H19FN6O/c23-19-7-2-1-5-17(19)15-29-21(16-8-12-24-13-9-16)20(27-28-29)22(30)26-14-10-18-6-3-4-11-25-18/h1-9,11-13H,10,14-15H2,(H,26,30). The monoisotopic (exact) mass is 402 g/mol. The Morgan fingerprint density at radius 3 is 2.57 bits per heavy atom. The molecule has 7 nitrogen and oxygen atoms in total. The molecular formula is C22H19FN6O. The molecule has 0 radical (unpaired) electrons. The van der Waals surface area contributed by atoms with E-state index in [0.717, 1.165) is 11.3 Å². The van der Waals surface area contributed by atoms with Gasteiger partial charge in [0.15, 0.2) is 5.69 Å². The van der Waals surface area contributed by atoms with Gasteiger partial charge in [0.2, 0.25) is 0 Å². The van der Waals surface area contributed by atoms with Crippen molar-refractivity contribution in [3.05, 3.63) is 96.0 Å². The fourth-order valence-electron chi connectivity index (χ4n) is 3.09. The van der Waals surface area contributed by atoms with Crippen molar-refractivity contribution < 1.29 is 9.18 Å². The molecule has 150 valence electrons. The van der Waals surface area contributed by atoms with Crippen LogP contribution in [0, 0.1) is 5.82 Å². The first-order chi connectivity index (χ1) is 14.7. The lowest BCUT2D eigenvalue weighted by atomic mass is 10.1. The lowest BCUT2D eigenvalue weighted by Crippen LogP contribution is -2.27. The van der Waals surface area contributed by atoms with Crippen molar-refractivity contribution in [1.29, 1.82) is 0 Å². The number of rotatable bonds is 7. The number of benzene rings is 1. The van der Waals surface area contributed by atoms with Gasteiger partial charge in [0.1, 0.15) is 11.5 Å². The van der Waals surface area contributed by atoms with Gasteiger partial charge in [-0.2, -0.15) is 0 Å². The second kappa shape index (κ2) is 9.04. The third-order valence-electron chi connectivity index (χ3n) is 4.57. The molecule has 3 aromatic heterocycles. The molecule has 0 spiro atoms. The summed E-state index contributed by atoms with van der Waals surface area (Å²) in [5, 5.41) is 11.1. The SMILES string of the molecule is O=C(NCCc1ccccn1)c1nnn(Cc2ccccc2F)c1-c1ccncc1. The van der Waals surface area contributed by atoms with Gasteiger partial charge < -0.3 is 5.32 Å². The minimum Gasteiger partial charge on any atom is -0.350 e. The number of hydrogen-bond acceptors (Lipinski definition) is 5. The number of halogens is 1. The highest BCUT2D eigenvalue weighted by molar-refractivity contribution is 5.98. The number of nitrogens with zero attached hydrogens (tertiary/aromatic N) is 5. The summed E-state index contributed by atoms with van der Waals surface area (Å²) < 4.78 is 15.7. The van der Waals surface area contributed by atoms with E-state index < -0.39 is 0 Å². The summed E-state index contributed by atoms with van der Waals surface area (Å²) in [6.07, 6.45) is 5.56. The first-order valence-corrected chi connectivity index (χ1v) is 9.48. The van der Waals surface area contributed by atoms with E-state index in [1.54, 1.807) is 48.9 Å². The van der Waals surface area contributed by atoms with Crippen molar-refractivity contribution in [3.8, 4) is 11.3 Å². The number of carbonyl (C=O) groups is 1. The molecule has 1 aromatic carbocycles. The topological polar surface area (TPSA) is 85.6 Å². The first kappa shape index (κ1) is 19.4. The Labute approximate surface area is 172 Å². The molecule has 0 atom stereocenters. The van der Waals surface area contributed by atoms with E-state index in [-0.39, 0.29) is 24.0 Å². The number of pyridine rings is 2. The number of aromatic nitrogens is 5. The highest BCUT2D eigenvalue weighted by atomic mass is 19.1. The van der Waals surface area contributed by atoms with Crippen LogP contribution in [0.25, 0.3) is 11.3 Å². The largest absolute Gasteiger partial charge is 0.350 e. The molecule has 0 unspecified atom stereocenters. The van der Waals surface area contributed by atoms with Crippen LogP contribution < -0.4 is 5.32 Å². The van der Waals surface area contributed by atoms with Crippen LogP contribution in [0.15, 0.2) is 73.2 Å². The fraction of sp³-hybridized carbons (Fsp3) is 0.136. The summed E-state index contributed by atoms with van der Waals surface area (Å²) in [5.41, 5.74) is 2.76. The minimum atomic E-state index is -0.350. The molecule has 0 saturated heterocycles. The second-order valence-corrected chi connectivity index (χ2v) is 6.60. The van der Waals surface area contributed by atoms with Crippen LogP contribution in [-0.2, 0) is 13.0 Å². The maximum Gasteiger partial charge on any atom is 0.274 e. The van der Waals surface area contributed by atoms with Gasteiger partial charge >= 0.3 is 0 Å². The fourth-order valence-corrected chi connectivity index (χ4v) is 3.09. The lowest BCUT2D eigenvalue weighted by molar-refractivity contribution is 0.0949. The summed E-state index contributed by atoms with van der Waals surface area (Å²) in [6.45, 7) is 0.560. The van der Waals surface area contributed by atoms with Crippen molar-refractivity contribution in [3.63, 3.8) is 0 Å². The average Bonchev–Trinajstić information content (AvgIpc) is 3.20. The van der Waals surface area contributed by atoms with Crippen molar-refractivity contribution in [2.45, 2.75) is 13.0 Å². The van der Waals surface area contributed by atoms with E-state index in [1.165, 1.54) is 10.7 Å². The van der Waals surface area contributed by atoms with Crippen LogP contribution in [-0.4, -0.2) is 37.4 Å². The molecule has 0 saturated carbocycles. The summed E-state index contributed by atoms with van der Waals surface area (Å²) in [5.74, 6) is -0.687. The predicted octanol–water partition coefficient (Wildman–Crippen LogP) is 2.90. The number of amides is 1. The Balaban J connectivity index is 1.58. The Bertz CT molecular complexity index is 1130. The predicted molar refractivity (Wildman–Crippen MR) is 109 cm³/mol. The zero-order valence-corrected chi connectivity index (χ0v) is 16.1. The average molecular weight is 402 g/mol. The van der Waals surface area contributed by atoms with Gasteiger partial charge in [-0.15, -0.1) is 5.10 Å². The minimum absolute atomic E-state index is 0.151. The molecule has 0 aliphatic rings. The molecule has 4 aromatic rings. The molecule has 0 bridgehead atoms. The Hall–Kier alpha value is -3.94. The molecule has 4 rings (SSSR count). The summed E-state index contributed by atoms with van der Waals surface area (Å²) >= 11 is 0. The smallest absolute Gasteiger partial charge is 0.274 e. The molecule has 8 heteroatoms. The van der Waals surface area contributed by atoms with Gasteiger partial charge in [-0.3, -0.25) is 14.8 Å². The van der Waals surface area contributed by atoms with Crippen LogP contribution in [0.3, 0.4) is 0 Å². The van der Waals surface area contributed by atoms with Gasteiger partial charge in [0.05, 0.1) is 6.54 Å². The molecule has 1 amide bonds. The van der Waals surface area contributed by atoms with Gasteiger partial charge in [-0.1, -0.05) is 29.5 Å². The van der Waals surface area contributed by atoms with Crippen LogP contribution in [0.1, 0.15) is 21.7 Å². The highest BCUT2D eigenvalue weighted by Crippen LogP contribution is 2.23. The van der Waals surface area contributed by atoms with Crippen molar-refractivity contribution in [1.82, 2.24) is 30.3 Å². The van der Waals surface area contributed by atoms with Crippen molar-refractivity contribution in [2.75, 3.05) is 6.54 Å². The molecule has 0 aliphatic carbocycles. The Morgan fingerprint density at radius 2 is 1.80 bits per heavy atom. The Kier molecular flexibility index (Phi) is 5.84. The number of nitrogens with one attached hydrogen (secondary N) is 1. The quantitative estimate of drug-likeness (QED) is 0.514. The molecule has 30 heavy (non-hydrogen) atoms. The van der Waals surface area contributed by atoms with Crippen LogP contribution in [0.4, 0.5) is 4.39 Å². The summed E-state index contributed by atoms with van der Waals surface area (Å²) in [6, 6.07) is 15.6. The molecule has 0 fully saturated rings. The van der Waals surface area contributed by atoms with Gasteiger partial charge in [-0.05, 0) is 30.3 Å². The molecule has 1 N–H and O–H groups in total. The van der Waals surface area contributed by atoms with Gasteiger partial charge in [-0.25, -0.2) is 9.07 Å². The van der Waals surface area contributed by atoms with E-state index in [0.29, 0.717) is 24.2 Å². The van der Waals surface area contributed by atoms with E-state index in [2.05, 4.69) is 25.6 Å². The summed E-state index contributed by atoms with van der Waals surface area (Å²) in [7, 11) is 0. The molecule has 0 aliphatic heterocycles. The maximum absolute atomic E-state index is 14.1.